The third-order valence-electron chi connectivity index (χ3n) is 2.40. The molecule has 0 bridgehead atoms. The van der Waals surface area contributed by atoms with Crippen LogP contribution < -0.4 is 5.32 Å². The van der Waals surface area contributed by atoms with Crippen LogP contribution >= 0.6 is 12.4 Å². The highest BCUT2D eigenvalue weighted by molar-refractivity contribution is 6.23. The average molecular weight is 206 g/mol. The first-order valence-corrected chi connectivity index (χ1v) is 4.19. The van der Waals surface area contributed by atoms with E-state index in [4.69, 9.17) is 0 Å². The number of nitrogens with one attached hydrogen (secondary N) is 1. The van der Waals surface area contributed by atoms with Gasteiger partial charge in [-0.3, -0.25) is 4.79 Å². The molecular weight excluding hydrogens is 198 g/mol. The van der Waals surface area contributed by atoms with Crippen molar-refractivity contribution >= 4 is 34.8 Å². The lowest BCUT2D eigenvalue weighted by Crippen LogP contribution is -2.03. The molecule has 1 aliphatic rings. The van der Waals surface area contributed by atoms with Crippen molar-refractivity contribution in [2.75, 3.05) is 5.32 Å². The maximum Gasteiger partial charge on any atom is 0.256 e. The molecule has 3 heteroatoms. The van der Waals surface area contributed by atoms with Gasteiger partial charge in [0.25, 0.3) is 5.91 Å². The minimum atomic E-state index is 0. The van der Waals surface area contributed by atoms with E-state index < -0.39 is 0 Å². The number of benzene rings is 2. The van der Waals surface area contributed by atoms with E-state index in [9.17, 15) is 4.79 Å². The van der Waals surface area contributed by atoms with Crippen LogP contribution in [0.4, 0.5) is 5.69 Å². The molecule has 0 saturated carbocycles. The maximum atomic E-state index is 11.4. The van der Waals surface area contributed by atoms with Crippen molar-refractivity contribution in [3.05, 3.63) is 42.0 Å². The van der Waals surface area contributed by atoms with Crippen LogP contribution in [-0.2, 0) is 0 Å². The third-order valence-corrected chi connectivity index (χ3v) is 2.40. The van der Waals surface area contributed by atoms with Gasteiger partial charge in [-0.2, -0.15) is 0 Å². The van der Waals surface area contributed by atoms with E-state index in [0.29, 0.717) is 0 Å². The number of rotatable bonds is 0. The molecule has 2 nitrogen and oxygen atoms in total. The molecule has 1 aliphatic heterocycles. The summed E-state index contributed by atoms with van der Waals surface area (Å²) in [5.74, 6) is 0.00630. The summed E-state index contributed by atoms with van der Waals surface area (Å²) in [6, 6.07) is 11.7. The first kappa shape index (κ1) is 9.03. The van der Waals surface area contributed by atoms with Crippen LogP contribution in [-0.4, -0.2) is 5.91 Å². The Morgan fingerprint density at radius 1 is 1.00 bits per heavy atom. The Labute approximate surface area is 87.3 Å². The molecular formula is C11H8ClNO. The molecule has 0 atom stereocenters. The second kappa shape index (κ2) is 3.00. The monoisotopic (exact) mass is 205 g/mol. The van der Waals surface area contributed by atoms with Crippen molar-refractivity contribution in [3.8, 4) is 0 Å². The molecule has 0 aliphatic carbocycles. The fraction of sp³-hybridized carbons (Fsp3) is 0. The third kappa shape index (κ3) is 1.01. The van der Waals surface area contributed by atoms with E-state index in [1.165, 1.54) is 0 Å². The molecule has 2 aromatic rings. The summed E-state index contributed by atoms with van der Waals surface area (Å²) >= 11 is 0. The summed E-state index contributed by atoms with van der Waals surface area (Å²) in [4.78, 5) is 11.4. The second-order valence-electron chi connectivity index (χ2n) is 3.16. The van der Waals surface area contributed by atoms with E-state index in [-0.39, 0.29) is 18.3 Å². The molecule has 70 valence electrons. The fourth-order valence-electron chi connectivity index (χ4n) is 1.82. The summed E-state index contributed by atoms with van der Waals surface area (Å²) < 4.78 is 0. The van der Waals surface area contributed by atoms with Gasteiger partial charge in [-0.05, 0) is 17.5 Å². The standard InChI is InChI=1S/C11H7NO.ClH/c13-11-8-5-1-3-7-4-2-6-9(12-11)10(7)8;/h1-6H,(H,12,13);1H. The molecule has 1 amide bonds. The molecule has 1 N–H and O–H groups in total. The summed E-state index contributed by atoms with van der Waals surface area (Å²) in [7, 11) is 0. The first-order chi connectivity index (χ1) is 6.36. The number of anilines is 1. The quantitative estimate of drug-likeness (QED) is 0.704. The Kier molecular flexibility index (Phi) is 1.93. The number of carbonyl (C=O) groups excluding carboxylic acids is 1. The van der Waals surface area contributed by atoms with Crippen LogP contribution in [0.1, 0.15) is 10.4 Å². The summed E-state index contributed by atoms with van der Waals surface area (Å²) in [6.45, 7) is 0. The zero-order valence-corrected chi connectivity index (χ0v) is 8.10. The Morgan fingerprint density at radius 2 is 1.71 bits per heavy atom. The molecule has 0 aromatic heterocycles. The van der Waals surface area contributed by atoms with E-state index in [2.05, 4.69) is 5.32 Å². The van der Waals surface area contributed by atoms with Gasteiger partial charge in [0.1, 0.15) is 0 Å². The normalized spacial score (nSPS) is 12.4. The van der Waals surface area contributed by atoms with Gasteiger partial charge in [-0.15, -0.1) is 12.4 Å². The van der Waals surface area contributed by atoms with Crippen molar-refractivity contribution < 1.29 is 4.79 Å². The van der Waals surface area contributed by atoms with Crippen molar-refractivity contribution in [2.24, 2.45) is 0 Å². The molecule has 0 radical (unpaired) electrons. The van der Waals surface area contributed by atoms with Gasteiger partial charge < -0.3 is 5.32 Å². The lowest BCUT2D eigenvalue weighted by Gasteiger charge is -1.97. The van der Waals surface area contributed by atoms with Gasteiger partial charge in [-0.25, -0.2) is 0 Å². The highest BCUT2D eigenvalue weighted by Crippen LogP contribution is 2.32. The van der Waals surface area contributed by atoms with E-state index in [0.717, 1.165) is 22.0 Å². The number of hydrogen-bond acceptors (Lipinski definition) is 1. The van der Waals surface area contributed by atoms with Crippen LogP contribution in [0.2, 0.25) is 0 Å². The summed E-state index contributed by atoms with van der Waals surface area (Å²) in [6.07, 6.45) is 0. The number of carbonyl (C=O) groups is 1. The van der Waals surface area contributed by atoms with Gasteiger partial charge in [0.15, 0.2) is 0 Å². The Morgan fingerprint density at radius 3 is 2.50 bits per heavy atom. The van der Waals surface area contributed by atoms with Crippen molar-refractivity contribution in [2.45, 2.75) is 0 Å². The van der Waals surface area contributed by atoms with Gasteiger partial charge >= 0.3 is 0 Å². The minimum Gasteiger partial charge on any atom is -0.321 e. The van der Waals surface area contributed by atoms with Gasteiger partial charge in [0.2, 0.25) is 0 Å². The molecule has 3 rings (SSSR count). The smallest absolute Gasteiger partial charge is 0.256 e. The van der Waals surface area contributed by atoms with Crippen molar-refractivity contribution in [3.63, 3.8) is 0 Å². The fourth-order valence-corrected chi connectivity index (χ4v) is 1.82. The average Bonchev–Trinajstić information content (AvgIpc) is 2.47. The van der Waals surface area contributed by atoms with Crippen LogP contribution in [0.3, 0.4) is 0 Å². The highest BCUT2D eigenvalue weighted by Gasteiger charge is 2.19. The topological polar surface area (TPSA) is 29.1 Å². The summed E-state index contributed by atoms with van der Waals surface area (Å²) in [5.41, 5.74) is 1.71. The van der Waals surface area contributed by atoms with E-state index >= 15 is 0 Å². The van der Waals surface area contributed by atoms with Crippen molar-refractivity contribution in [1.29, 1.82) is 0 Å². The molecule has 2 aromatic carbocycles. The molecule has 14 heavy (non-hydrogen) atoms. The molecule has 0 spiro atoms. The maximum absolute atomic E-state index is 11.4. The van der Waals surface area contributed by atoms with Crippen LogP contribution in [0.25, 0.3) is 10.8 Å². The number of amides is 1. The Balaban J connectivity index is 0.000000750. The Hall–Kier alpha value is -1.54. The SMILES string of the molecule is Cl.O=C1Nc2cccc3cccc1c23. The lowest BCUT2D eigenvalue weighted by molar-refractivity contribution is 0.103. The lowest BCUT2D eigenvalue weighted by atomic mass is 10.1. The predicted molar refractivity (Wildman–Crippen MR) is 59.1 cm³/mol. The van der Waals surface area contributed by atoms with Gasteiger partial charge in [-0.1, -0.05) is 24.3 Å². The van der Waals surface area contributed by atoms with Crippen LogP contribution in [0.5, 0.6) is 0 Å². The number of hydrogen-bond donors (Lipinski definition) is 1. The van der Waals surface area contributed by atoms with E-state index in [1.807, 2.05) is 36.4 Å². The highest BCUT2D eigenvalue weighted by atomic mass is 35.5. The van der Waals surface area contributed by atoms with Crippen LogP contribution in [0, 0.1) is 0 Å². The molecule has 0 unspecified atom stereocenters. The van der Waals surface area contributed by atoms with Crippen LogP contribution in [0.15, 0.2) is 36.4 Å². The van der Waals surface area contributed by atoms with E-state index in [1.54, 1.807) is 0 Å². The largest absolute Gasteiger partial charge is 0.321 e. The molecule has 0 saturated heterocycles. The zero-order chi connectivity index (χ0) is 8.84. The number of halogens is 1. The molecule has 1 heterocycles. The van der Waals surface area contributed by atoms with Crippen molar-refractivity contribution in [1.82, 2.24) is 0 Å². The zero-order valence-electron chi connectivity index (χ0n) is 7.28. The minimum absolute atomic E-state index is 0. The molecule has 0 fully saturated rings. The second-order valence-corrected chi connectivity index (χ2v) is 3.16. The first-order valence-electron chi connectivity index (χ1n) is 4.19. The Bertz CT molecular complexity index is 516. The predicted octanol–water partition coefficient (Wildman–Crippen LogP) is 2.83. The van der Waals surface area contributed by atoms with Gasteiger partial charge in [0.05, 0.1) is 0 Å². The summed E-state index contributed by atoms with van der Waals surface area (Å²) in [5, 5.41) is 5.00. The van der Waals surface area contributed by atoms with Gasteiger partial charge in [0, 0.05) is 16.6 Å².